The van der Waals surface area contributed by atoms with Gasteiger partial charge in [0, 0.05) is 35.6 Å². The van der Waals surface area contributed by atoms with E-state index in [0.29, 0.717) is 19.6 Å². The van der Waals surface area contributed by atoms with Gasteiger partial charge in [-0.05, 0) is 23.3 Å². The van der Waals surface area contributed by atoms with E-state index in [2.05, 4.69) is 33.8 Å². The van der Waals surface area contributed by atoms with Gasteiger partial charge in [-0.1, -0.05) is 24.3 Å². The molecule has 0 bridgehead atoms. The van der Waals surface area contributed by atoms with Crippen molar-refractivity contribution in [1.82, 2.24) is 15.5 Å². The molecule has 0 atom stereocenters. The van der Waals surface area contributed by atoms with Gasteiger partial charge in [0.25, 0.3) is 0 Å². The van der Waals surface area contributed by atoms with Gasteiger partial charge in [-0.2, -0.15) is 5.10 Å². The second-order valence-corrected chi connectivity index (χ2v) is 6.63. The van der Waals surface area contributed by atoms with Crippen LogP contribution in [0.2, 0.25) is 0 Å². The van der Waals surface area contributed by atoms with E-state index < -0.39 is 0 Å². The average Bonchev–Trinajstić information content (AvgIpc) is 3.05. The fourth-order valence-electron chi connectivity index (χ4n) is 3.71. The molecule has 6 nitrogen and oxygen atoms in total. The van der Waals surface area contributed by atoms with Crippen LogP contribution in [-0.2, 0) is 9.53 Å². The number of rotatable bonds is 2. The first-order chi connectivity index (χ1) is 12.8. The van der Waals surface area contributed by atoms with Gasteiger partial charge in [0.1, 0.15) is 0 Å². The van der Waals surface area contributed by atoms with Gasteiger partial charge in [0.05, 0.1) is 30.7 Å². The van der Waals surface area contributed by atoms with E-state index >= 15 is 0 Å². The van der Waals surface area contributed by atoms with Gasteiger partial charge >= 0.3 is 0 Å². The summed E-state index contributed by atoms with van der Waals surface area (Å²) in [5.74, 6) is 0.0528. The predicted molar refractivity (Wildman–Crippen MR) is 98.6 cm³/mol. The van der Waals surface area contributed by atoms with Gasteiger partial charge in [-0.25, -0.2) is 10.5 Å². The number of nitrogens with zero attached hydrogens (tertiary/aromatic N) is 3. The Labute approximate surface area is 150 Å². The number of hydrazone groups is 1. The van der Waals surface area contributed by atoms with E-state index in [1.807, 2.05) is 17.1 Å². The van der Waals surface area contributed by atoms with Crippen LogP contribution < -0.4 is 16.1 Å². The second kappa shape index (κ2) is 6.16. The Morgan fingerprint density at radius 1 is 1.12 bits per heavy atom. The number of hydrogen-bond donors (Lipinski definition) is 1. The monoisotopic (exact) mass is 346 g/mol. The molecule has 1 aromatic carbocycles. The maximum absolute atomic E-state index is 12.2. The Kier molecular flexibility index (Phi) is 3.65. The zero-order valence-electron chi connectivity index (χ0n) is 14.2. The highest BCUT2D eigenvalue weighted by molar-refractivity contribution is 6.25. The van der Waals surface area contributed by atoms with E-state index in [0.717, 1.165) is 51.6 Å². The van der Waals surface area contributed by atoms with Crippen molar-refractivity contribution in [3.63, 3.8) is 0 Å². The molecular formula is C20H18N4O2. The van der Waals surface area contributed by atoms with Crippen LogP contribution in [0.3, 0.4) is 0 Å². The highest BCUT2D eigenvalue weighted by Crippen LogP contribution is 2.28. The topological polar surface area (TPSA) is 66.8 Å². The van der Waals surface area contributed by atoms with Crippen LogP contribution in [-0.4, -0.2) is 47.8 Å². The molecular weight excluding hydrogens is 328 g/mol. The first-order valence-electron chi connectivity index (χ1n) is 8.79. The number of ketones is 1. The summed E-state index contributed by atoms with van der Waals surface area (Å²) in [7, 11) is 0. The van der Waals surface area contributed by atoms with Crippen LogP contribution in [0.15, 0.2) is 35.6 Å². The van der Waals surface area contributed by atoms with E-state index in [4.69, 9.17) is 4.74 Å². The van der Waals surface area contributed by atoms with Gasteiger partial charge in [0.2, 0.25) is 0 Å². The Hall–Kier alpha value is -2.83. The number of Topliss-reactive ketones (excluding diaryl/α,β-unsaturated/α-hetero) is 1. The smallest absolute Gasteiger partial charge is 0.162 e. The van der Waals surface area contributed by atoms with Crippen molar-refractivity contribution in [3.05, 3.63) is 52.2 Å². The first-order valence-corrected chi connectivity index (χ1v) is 8.79. The summed E-state index contributed by atoms with van der Waals surface area (Å²) in [5, 5.41) is 8.40. The lowest BCUT2D eigenvalue weighted by Gasteiger charge is -2.26. The molecule has 3 aliphatic rings. The Balaban J connectivity index is 1.64. The summed E-state index contributed by atoms with van der Waals surface area (Å²) >= 11 is 0. The van der Waals surface area contributed by atoms with Crippen molar-refractivity contribution in [2.75, 3.05) is 26.3 Å². The van der Waals surface area contributed by atoms with Crippen LogP contribution in [0.1, 0.15) is 17.5 Å². The van der Waals surface area contributed by atoms with E-state index in [9.17, 15) is 4.79 Å². The van der Waals surface area contributed by atoms with Crippen LogP contribution >= 0.6 is 0 Å². The number of fused-ring (bicyclic) bond motifs is 5. The summed E-state index contributed by atoms with van der Waals surface area (Å²) in [6, 6.07) is 8.24. The largest absolute Gasteiger partial charge is 0.379 e. The van der Waals surface area contributed by atoms with E-state index in [-0.39, 0.29) is 5.78 Å². The molecule has 1 aliphatic heterocycles. The molecule has 2 aromatic rings. The van der Waals surface area contributed by atoms with Crippen LogP contribution in [0.25, 0.3) is 23.3 Å². The minimum atomic E-state index is 0.0528. The van der Waals surface area contributed by atoms with Crippen LogP contribution in [0.5, 0.6) is 0 Å². The molecule has 1 fully saturated rings. The number of hydrogen-bond acceptors (Lipinski definition) is 6. The zero-order valence-corrected chi connectivity index (χ0v) is 14.2. The van der Waals surface area contributed by atoms with Crippen molar-refractivity contribution >= 4 is 23.6 Å². The number of morpholine rings is 1. The highest BCUT2D eigenvalue weighted by atomic mass is 16.5. The van der Waals surface area contributed by atoms with E-state index in [1.165, 1.54) is 0 Å². The zero-order chi connectivity index (χ0) is 17.5. The molecule has 0 unspecified atom stereocenters. The molecule has 0 amide bonds. The van der Waals surface area contributed by atoms with Crippen molar-refractivity contribution in [3.8, 4) is 11.1 Å². The van der Waals surface area contributed by atoms with Crippen molar-refractivity contribution in [1.29, 1.82) is 0 Å². The van der Waals surface area contributed by atoms with Gasteiger partial charge in [-0.3, -0.25) is 9.78 Å². The number of hydrazine groups is 1. The molecule has 1 N–H and O–H groups in total. The molecule has 0 spiro atoms. The number of carbonyl (C=O) groups is 1. The summed E-state index contributed by atoms with van der Waals surface area (Å²) in [4.78, 5) is 16.8. The van der Waals surface area contributed by atoms with Crippen molar-refractivity contribution in [2.24, 2.45) is 5.10 Å². The number of carbonyl (C=O) groups excluding carboxylic acids is 1. The minimum absolute atomic E-state index is 0.0528. The van der Waals surface area contributed by atoms with Crippen LogP contribution in [0.4, 0.5) is 0 Å². The van der Waals surface area contributed by atoms with E-state index in [1.54, 1.807) is 12.3 Å². The third kappa shape index (κ3) is 2.55. The SMILES string of the molecule is O=C1C=c2cnc3c(c2C(=NNN2CCOCC2)C1)-c1ccccc1C=3. The predicted octanol–water partition coefficient (Wildman–Crippen LogP) is 0.185. The molecule has 0 saturated carbocycles. The highest BCUT2D eigenvalue weighted by Gasteiger charge is 2.25. The molecule has 2 aliphatic carbocycles. The Morgan fingerprint density at radius 2 is 1.96 bits per heavy atom. The van der Waals surface area contributed by atoms with Gasteiger partial charge < -0.3 is 4.74 Å². The van der Waals surface area contributed by atoms with Crippen molar-refractivity contribution in [2.45, 2.75) is 6.42 Å². The summed E-state index contributed by atoms with van der Waals surface area (Å²) < 4.78 is 5.36. The fourth-order valence-corrected chi connectivity index (χ4v) is 3.71. The minimum Gasteiger partial charge on any atom is -0.379 e. The second-order valence-electron chi connectivity index (χ2n) is 6.63. The molecule has 1 saturated heterocycles. The molecule has 1 aromatic heterocycles. The first kappa shape index (κ1) is 15.4. The lowest BCUT2D eigenvalue weighted by Crippen LogP contribution is -2.44. The molecule has 2 heterocycles. The quantitative estimate of drug-likeness (QED) is 0.671. The third-order valence-corrected chi connectivity index (χ3v) is 4.94. The Bertz CT molecular complexity index is 1050. The maximum atomic E-state index is 12.2. The summed E-state index contributed by atoms with van der Waals surface area (Å²) in [5.41, 5.74) is 8.26. The third-order valence-electron chi connectivity index (χ3n) is 4.94. The number of benzene rings is 1. The summed E-state index contributed by atoms with van der Waals surface area (Å²) in [6.45, 7) is 2.91. The van der Waals surface area contributed by atoms with Crippen molar-refractivity contribution < 1.29 is 9.53 Å². The van der Waals surface area contributed by atoms with Gasteiger partial charge in [0.15, 0.2) is 5.78 Å². The lowest BCUT2D eigenvalue weighted by atomic mass is 9.91. The average molecular weight is 346 g/mol. The molecule has 5 rings (SSSR count). The number of nitrogens with one attached hydrogen (secondary N) is 1. The van der Waals surface area contributed by atoms with Gasteiger partial charge in [-0.15, -0.1) is 0 Å². The molecule has 130 valence electrons. The fraction of sp³-hybridized carbons (Fsp3) is 0.250. The normalized spacial score (nSPS) is 20.0. The summed E-state index contributed by atoms with van der Waals surface area (Å²) in [6.07, 6.45) is 5.84. The molecule has 26 heavy (non-hydrogen) atoms. The maximum Gasteiger partial charge on any atom is 0.162 e. The number of ether oxygens (including phenoxy) is 1. The lowest BCUT2D eigenvalue weighted by molar-refractivity contribution is -0.112. The molecule has 0 radical (unpaired) electrons. The number of aromatic nitrogens is 1. The standard InChI is InChI=1S/C20H18N4O2/c25-15-9-14-12-21-17-10-13-3-1-2-4-16(13)20(17)19(14)18(11-15)22-23-24-5-7-26-8-6-24/h1-4,9-10,12,23H,5-8,11H2. The number of pyridine rings is 1. The van der Waals surface area contributed by atoms with Crippen LogP contribution in [0, 0.1) is 0 Å². The molecule has 6 heteroatoms. The Morgan fingerprint density at radius 3 is 2.85 bits per heavy atom.